The number of thiazole rings is 1. The number of nitro benzene ring substituents is 1. The van der Waals surface area contributed by atoms with Crippen LogP contribution in [0.4, 0.5) is 16.5 Å². The molecule has 0 aliphatic carbocycles. The number of fused-ring (bicyclic) bond motifs is 1. The molecule has 1 N–H and O–H groups in total. The Balaban J connectivity index is 2.02. The van der Waals surface area contributed by atoms with E-state index >= 15 is 0 Å². The lowest BCUT2D eigenvalue weighted by Crippen LogP contribution is -2.13. The van der Waals surface area contributed by atoms with Gasteiger partial charge in [-0.05, 0) is 19.9 Å². The Morgan fingerprint density at radius 1 is 1.48 bits per heavy atom. The first-order chi connectivity index (χ1) is 11.9. The summed E-state index contributed by atoms with van der Waals surface area (Å²) in [5, 5.41) is 13.7. The summed E-state index contributed by atoms with van der Waals surface area (Å²) in [6.07, 6.45) is 0. The molecule has 9 nitrogen and oxygen atoms in total. The fourth-order valence-corrected chi connectivity index (χ4v) is 3.11. The summed E-state index contributed by atoms with van der Waals surface area (Å²) in [4.78, 5) is 43.0. The lowest BCUT2D eigenvalue weighted by atomic mass is 10.1. The molecule has 0 spiro atoms. The number of nitrogens with zero attached hydrogens (tertiary/aromatic N) is 3. The Labute approximate surface area is 145 Å². The average molecular weight is 360 g/mol. The minimum absolute atomic E-state index is 0.0165. The van der Waals surface area contributed by atoms with Crippen molar-refractivity contribution in [3.8, 4) is 0 Å². The van der Waals surface area contributed by atoms with E-state index in [2.05, 4.69) is 15.3 Å². The Hall–Kier alpha value is -3.14. The van der Waals surface area contributed by atoms with Gasteiger partial charge in [-0.1, -0.05) is 11.3 Å². The van der Waals surface area contributed by atoms with Gasteiger partial charge in [0, 0.05) is 17.7 Å². The fourth-order valence-electron chi connectivity index (χ4n) is 2.28. The minimum atomic E-state index is -0.549. The summed E-state index contributed by atoms with van der Waals surface area (Å²) >= 11 is 0.995. The first-order valence-corrected chi connectivity index (χ1v) is 8.05. The lowest BCUT2D eigenvalue weighted by Gasteiger charge is -1.97. The third kappa shape index (κ3) is 3.11. The van der Waals surface area contributed by atoms with Crippen molar-refractivity contribution in [2.24, 2.45) is 4.99 Å². The third-order valence-electron chi connectivity index (χ3n) is 3.39. The lowest BCUT2D eigenvalue weighted by molar-refractivity contribution is -0.384. The van der Waals surface area contributed by atoms with Gasteiger partial charge >= 0.3 is 5.97 Å². The molecule has 3 rings (SSSR count). The maximum atomic E-state index is 12.1. The summed E-state index contributed by atoms with van der Waals surface area (Å²) < 4.78 is 4.94. The third-order valence-corrected chi connectivity index (χ3v) is 4.42. The fraction of sp³-hybridized carbons (Fsp3) is 0.200. The second-order valence-electron chi connectivity index (χ2n) is 5.03. The van der Waals surface area contributed by atoms with Gasteiger partial charge in [-0.3, -0.25) is 14.9 Å². The van der Waals surface area contributed by atoms with Gasteiger partial charge in [0.05, 0.1) is 22.9 Å². The smallest absolute Gasteiger partial charge is 0.350 e. The number of benzene rings is 1. The van der Waals surface area contributed by atoms with Gasteiger partial charge in [0.1, 0.15) is 10.6 Å². The molecule has 2 aromatic rings. The van der Waals surface area contributed by atoms with E-state index in [1.807, 2.05) is 0 Å². The molecule has 0 radical (unpaired) electrons. The second kappa shape index (κ2) is 6.40. The van der Waals surface area contributed by atoms with Gasteiger partial charge in [0.2, 0.25) is 5.13 Å². The monoisotopic (exact) mass is 360 g/mol. The number of carbonyl (C=O) groups excluding carboxylic acids is 2. The topological polar surface area (TPSA) is 124 Å². The highest BCUT2D eigenvalue weighted by molar-refractivity contribution is 7.17. The molecule has 0 unspecified atom stereocenters. The highest BCUT2D eigenvalue weighted by Crippen LogP contribution is 2.31. The molecule has 1 aliphatic heterocycles. The normalized spacial score (nSPS) is 14.3. The van der Waals surface area contributed by atoms with Crippen molar-refractivity contribution in [1.29, 1.82) is 0 Å². The maximum absolute atomic E-state index is 12.1. The molecule has 25 heavy (non-hydrogen) atoms. The molecule has 1 aromatic carbocycles. The van der Waals surface area contributed by atoms with Crippen LogP contribution >= 0.6 is 11.3 Å². The number of carbonyl (C=O) groups is 2. The quantitative estimate of drug-likeness (QED) is 0.508. The zero-order valence-corrected chi connectivity index (χ0v) is 14.0. The molecule has 10 heteroatoms. The van der Waals surface area contributed by atoms with E-state index in [0.717, 1.165) is 11.3 Å². The predicted molar refractivity (Wildman–Crippen MR) is 90.7 cm³/mol. The first kappa shape index (κ1) is 16.7. The number of anilines is 1. The molecule has 2 heterocycles. The van der Waals surface area contributed by atoms with Crippen LogP contribution in [0.15, 0.2) is 23.2 Å². The molecule has 1 aliphatic rings. The summed E-state index contributed by atoms with van der Waals surface area (Å²) in [6, 6.07) is 4.03. The van der Waals surface area contributed by atoms with Gasteiger partial charge in [-0.2, -0.15) is 0 Å². The largest absolute Gasteiger partial charge is 0.462 e. The SMILES string of the molecule is CCOC(=O)c1sc(/N=C2\C(=O)Nc3ccc([N+](=O)[O-])cc32)nc1C. The number of amides is 1. The molecule has 0 bridgehead atoms. The van der Waals surface area contributed by atoms with E-state index in [9.17, 15) is 19.7 Å². The van der Waals surface area contributed by atoms with E-state index < -0.39 is 16.8 Å². The molecule has 1 aromatic heterocycles. The van der Waals surface area contributed by atoms with E-state index in [0.29, 0.717) is 21.8 Å². The number of esters is 1. The van der Waals surface area contributed by atoms with Gasteiger partial charge in [-0.25, -0.2) is 14.8 Å². The Morgan fingerprint density at radius 3 is 2.92 bits per heavy atom. The van der Waals surface area contributed by atoms with Crippen LogP contribution in [-0.2, 0) is 9.53 Å². The van der Waals surface area contributed by atoms with Crippen molar-refractivity contribution in [3.05, 3.63) is 44.4 Å². The average Bonchev–Trinajstić information content (AvgIpc) is 3.08. The molecule has 0 atom stereocenters. The number of non-ortho nitro benzene ring substituents is 1. The van der Waals surface area contributed by atoms with Crippen molar-refractivity contribution in [3.63, 3.8) is 0 Å². The Kier molecular flexibility index (Phi) is 4.28. The Morgan fingerprint density at radius 2 is 2.24 bits per heavy atom. The molecule has 128 valence electrons. The van der Waals surface area contributed by atoms with Gasteiger partial charge in [0.15, 0.2) is 0 Å². The van der Waals surface area contributed by atoms with Crippen molar-refractivity contribution in [2.45, 2.75) is 13.8 Å². The van der Waals surface area contributed by atoms with Crippen molar-refractivity contribution >= 4 is 45.4 Å². The number of nitrogens with one attached hydrogen (secondary N) is 1. The molecular formula is C15H12N4O5S. The molecule has 0 saturated carbocycles. The van der Waals surface area contributed by atoms with Gasteiger partial charge in [0.25, 0.3) is 11.6 Å². The van der Waals surface area contributed by atoms with Crippen molar-refractivity contribution in [1.82, 2.24) is 4.98 Å². The highest BCUT2D eigenvalue weighted by atomic mass is 32.1. The second-order valence-corrected chi connectivity index (χ2v) is 6.01. The molecule has 0 saturated heterocycles. The van der Waals surface area contributed by atoms with Crippen LogP contribution in [0.25, 0.3) is 0 Å². The zero-order chi connectivity index (χ0) is 18.1. The van der Waals surface area contributed by atoms with Crippen LogP contribution in [-0.4, -0.2) is 34.1 Å². The van der Waals surface area contributed by atoms with Crippen LogP contribution in [0, 0.1) is 17.0 Å². The number of hydrogen-bond donors (Lipinski definition) is 1. The van der Waals surface area contributed by atoms with E-state index in [-0.39, 0.29) is 23.1 Å². The number of aliphatic imine (C=N–C) groups is 1. The standard InChI is InChI=1S/C15H12N4O5S/c1-3-24-14(21)12-7(2)16-15(25-12)18-11-9-6-8(19(22)23)4-5-10(9)17-13(11)20/h4-6H,3H2,1-2H3,(H,16,17,18,20). The van der Waals surface area contributed by atoms with E-state index in [1.54, 1.807) is 13.8 Å². The predicted octanol–water partition coefficient (Wildman–Crippen LogP) is 2.61. The van der Waals surface area contributed by atoms with Crippen LogP contribution in [0.3, 0.4) is 0 Å². The molecule has 1 amide bonds. The van der Waals surface area contributed by atoms with Crippen LogP contribution in [0.5, 0.6) is 0 Å². The first-order valence-electron chi connectivity index (χ1n) is 7.24. The van der Waals surface area contributed by atoms with Crippen LogP contribution in [0.2, 0.25) is 0 Å². The number of rotatable bonds is 4. The summed E-state index contributed by atoms with van der Waals surface area (Å²) in [7, 11) is 0. The zero-order valence-electron chi connectivity index (χ0n) is 13.2. The van der Waals surface area contributed by atoms with Crippen molar-refractivity contribution in [2.75, 3.05) is 11.9 Å². The summed E-state index contributed by atoms with van der Waals surface area (Å²) in [6.45, 7) is 3.57. The van der Waals surface area contributed by atoms with Crippen LogP contribution < -0.4 is 5.32 Å². The summed E-state index contributed by atoms with van der Waals surface area (Å²) in [5.41, 5.74) is 1.08. The van der Waals surface area contributed by atoms with E-state index in [1.165, 1.54) is 18.2 Å². The number of nitro groups is 1. The molecular weight excluding hydrogens is 348 g/mol. The van der Waals surface area contributed by atoms with Crippen LogP contribution in [0.1, 0.15) is 27.9 Å². The number of hydrogen-bond acceptors (Lipinski definition) is 8. The van der Waals surface area contributed by atoms with E-state index in [4.69, 9.17) is 4.74 Å². The van der Waals surface area contributed by atoms with Crippen molar-refractivity contribution < 1.29 is 19.2 Å². The summed E-state index contributed by atoms with van der Waals surface area (Å²) in [5.74, 6) is -0.989. The molecule has 0 fully saturated rings. The number of aryl methyl sites for hydroxylation is 1. The Bertz CT molecular complexity index is 934. The minimum Gasteiger partial charge on any atom is -0.462 e. The number of aromatic nitrogens is 1. The maximum Gasteiger partial charge on any atom is 0.350 e. The number of ether oxygens (including phenoxy) is 1. The van der Waals surface area contributed by atoms with Gasteiger partial charge < -0.3 is 10.1 Å². The highest BCUT2D eigenvalue weighted by Gasteiger charge is 2.29. The van der Waals surface area contributed by atoms with Gasteiger partial charge in [-0.15, -0.1) is 0 Å².